The Morgan fingerprint density at radius 2 is 0.895 bits per heavy atom. The number of esters is 2. The molecule has 1 rings (SSSR count). The van der Waals surface area contributed by atoms with Crippen LogP contribution < -0.4 is 0 Å². The molecule has 0 bridgehead atoms. The second-order valence-corrected chi connectivity index (χ2v) is 17.3. The van der Waals surface area contributed by atoms with E-state index in [1.807, 2.05) is 0 Å². The average molecular weight is 837 g/mol. The predicted octanol–water partition coefficient (Wildman–Crippen LogP) is 8.28. The third kappa shape index (κ3) is 27.1. The molecule has 336 valence electrons. The molecule has 1 aliphatic rings. The van der Waals surface area contributed by atoms with Gasteiger partial charge in [-0.15, -0.1) is 0 Å². The van der Waals surface area contributed by atoms with Crippen LogP contribution in [0.3, 0.4) is 0 Å². The molecule has 57 heavy (non-hydrogen) atoms. The fraction of sp³-hybridized carbons (Fsp3) is 0.907. The van der Waals surface area contributed by atoms with E-state index in [0.717, 1.165) is 38.5 Å². The van der Waals surface area contributed by atoms with E-state index in [1.54, 1.807) is 0 Å². The Bertz CT molecular complexity index is 1060. The molecular formula is C43H81O13P. The van der Waals surface area contributed by atoms with E-state index in [1.165, 1.54) is 116 Å². The largest absolute Gasteiger partial charge is 0.472 e. The Hall–Kier alpha value is -1.41. The highest BCUT2D eigenvalue weighted by Gasteiger charge is 2.51. The van der Waals surface area contributed by atoms with Gasteiger partial charge in [-0.1, -0.05) is 154 Å². The van der Waals surface area contributed by atoms with Crippen molar-refractivity contribution in [2.24, 2.45) is 0 Å². The van der Waals surface area contributed by atoms with E-state index in [-0.39, 0.29) is 12.8 Å². The van der Waals surface area contributed by atoms with Crippen molar-refractivity contribution in [2.45, 2.75) is 236 Å². The van der Waals surface area contributed by atoms with Crippen molar-refractivity contribution in [3.05, 3.63) is 12.2 Å². The number of unbranched alkanes of at least 4 members (excludes halogenated alkanes) is 23. The van der Waals surface area contributed by atoms with Crippen LogP contribution in [0.2, 0.25) is 0 Å². The van der Waals surface area contributed by atoms with Crippen LogP contribution in [0.5, 0.6) is 0 Å². The molecule has 6 unspecified atom stereocenters. The minimum absolute atomic E-state index is 0.0708. The molecule has 0 radical (unpaired) electrons. The first-order valence-corrected chi connectivity index (χ1v) is 24.0. The standard InChI is InChI=1S/C43H81O13P/c1-3-5-7-9-11-13-15-17-18-20-22-24-26-28-30-32-37(45)55-35(34-54-57(51,52)56-43-41(49)39(47)38(46)40(48)42(43)50)33-53-36(44)31-29-27-25-23-21-19-16-14-12-10-8-6-4-2/h22,24,35,38-43,46-50H,3-21,23,25-34H2,1-2H3,(H,51,52)/b24-22+/t35-,38?,39-,40?,41?,42?,43?/m1/s1. The summed E-state index contributed by atoms with van der Waals surface area (Å²) in [6.45, 7) is 3.28. The zero-order valence-corrected chi connectivity index (χ0v) is 36.3. The Labute approximate surface area is 343 Å². The summed E-state index contributed by atoms with van der Waals surface area (Å²) in [6.07, 6.45) is 21.3. The van der Waals surface area contributed by atoms with Crippen LogP contribution in [0.4, 0.5) is 0 Å². The van der Waals surface area contributed by atoms with Gasteiger partial charge in [-0.2, -0.15) is 0 Å². The lowest BCUT2D eigenvalue weighted by Gasteiger charge is -2.41. The van der Waals surface area contributed by atoms with Crippen LogP contribution in [0.25, 0.3) is 0 Å². The van der Waals surface area contributed by atoms with Crippen molar-refractivity contribution in [1.82, 2.24) is 0 Å². The topological polar surface area (TPSA) is 210 Å². The molecule has 0 aliphatic heterocycles. The number of rotatable bonds is 37. The predicted molar refractivity (Wildman–Crippen MR) is 221 cm³/mol. The molecule has 0 heterocycles. The van der Waals surface area contributed by atoms with Crippen LogP contribution in [0.15, 0.2) is 12.2 Å². The highest BCUT2D eigenvalue weighted by molar-refractivity contribution is 7.47. The van der Waals surface area contributed by atoms with Crippen LogP contribution in [-0.2, 0) is 32.7 Å². The van der Waals surface area contributed by atoms with Gasteiger partial charge in [0.25, 0.3) is 0 Å². The first kappa shape index (κ1) is 53.6. The smallest absolute Gasteiger partial charge is 0.462 e. The third-order valence-corrected chi connectivity index (χ3v) is 11.6. The van der Waals surface area contributed by atoms with Crippen molar-refractivity contribution >= 4 is 19.8 Å². The minimum Gasteiger partial charge on any atom is -0.462 e. The first-order chi connectivity index (χ1) is 27.4. The van der Waals surface area contributed by atoms with E-state index in [0.29, 0.717) is 12.8 Å². The lowest BCUT2D eigenvalue weighted by Crippen LogP contribution is -2.64. The molecule has 8 atom stereocenters. The zero-order valence-electron chi connectivity index (χ0n) is 35.4. The normalized spacial score (nSPS) is 22.7. The van der Waals surface area contributed by atoms with Crippen molar-refractivity contribution in [3.63, 3.8) is 0 Å². The summed E-state index contributed by atoms with van der Waals surface area (Å²) in [4.78, 5) is 35.6. The monoisotopic (exact) mass is 837 g/mol. The summed E-state index contributed by atoms with van der Waals surface area (Å²) in [7, 11) is -5.11. The number of phosphoric acid groups is 1. The summed E-state index contributed by atoms with van der Waals surface area (Å²) < 4.78 is 33.4. The molecule has 13 nitrogen and oxygen atoms in total. The van der Waals surface area contributed by atoms with Gasteiger partial charge in [-0.3, -0.25) is 18.6 Å². The second kappa shape index (κ2) is 34.3. The van der Waals surface area contributed by atoms with Crippen molar-refractivity contribution in [3.8, 4) is 0 Å². The summed E-state index contributed by atoms with van der Waals surface area (Å²) in [5.74, 6) is -1.12. The molecule has 0 spiro atoms. The van der Waals surface area contributed by atoms with Crippen molar-refractivity contribution in [1.29, 1.82) is 0 Å². The molecule has 1 fully saturated rings. The molecule has 0 aromatic heterocycles. The molecule has 0 aromatic rings. The second-order valence-electron chi connectivity index (χ2n) is 15.9. The van der Waals surface area contributed by atoms with E-state index >= 15 is 0 Å². The molecular weight excluding hydrogens is 755 g/mol. The molecule has 0 amide bonds. The van der Waals surface area contributed by atoms with Gasteiger partial charge in [0.2, 0.25) is 0 Å². The number of hydrogen-bond donors (Lipinski definition) is 6. The molecule has 6 N–H and O–H groups in total. The van der Waals surface area contributed by atoms with Gasteiger partial charge in [0, 0.05) is 12.8 Å². The summed E-state index contributed by atoms with van der Waals surface area (Å²) in [5.41, 5.74) is 0. The number of ether oxygens (including phenoxy) is 2. The molecule has 14 heteroatoms. The minimum atomic E-state index is -5.11. The number of aliphatic hydroxyl groups excluding tert-OH is 5. The van der Waals surface area contributed by atoms with Crippen LogP contribution in [0, 0.1) is 0 Å². The number of carbonyl (C=O) groups excluding carboxylic acids is 2. The number of phosphoric ester groups is 1. The van der Waals surface area contributed by atoms with E-state index < -0.39 is 75.7 Å². The number of hydrogen-bond acceptors (Lipinski definition) is 12. The molecule has 0 aromatic carbocycles. The number of carbonyl (C=O) groups is 2. The van der Waals surface area contributed by atoms with Crippen molar-refractivity contribution in [2.75, 3.05) is 13.2 Å². The number of aliphatic hydroxyl groups is 5. The van der Waals surface area contributed by atoms with Crippen LogP contribution in [0.1, 0.15) is 194 Å². The van der Waals surface area contributed by atoms with Crippen LogP contribution in [-0.4, -0.2) is 98.3 Å². The summed E-state index contributed by atoms with van der Waals surface area (Å²) in [5, 5.41) is 50.1. The number of allylic oxidation sites excluding steroid dienone is 2. The van der Waals surface area contributed by atoms with Gasteiger partial charge in [-0.25, -0.2) is 4.57 Å². The summed E-state index contributed by atoms with van der Waals surface area (Å²) >= 11 is 0. The zero-order chi connectivity index (χ0) is 42.2. The maximum Gasteiger partial charge on any atom is 0.472 e. The molecule has 1 saturated carbocycles. The maximum absolute atomic E-state index is 12.8. The fourth-order valence-corrected chi connectivity index (χ4v) is 7.90. The lowest BCUT2D eigenvalue weighted by molar-refractivity contribution is -0.220. The Morgan fingerprint density at radius 3 is 1.37 bits per heavy atom. The van der Waals surface area contributed by atoms with Gasteiger partial charge >= 0.3 is 19.8 Å². The maximum atomic E-state index is 12.8. The summed E-state index contributed by atoms with van der Waals surface area (Å²) in [6, 6.07) is 0. The van der Waals surface area contributed by atoms with Gasteiger partial charge in [-0.05, 0) is 38.5 Å². The molecule has 0 saturated heterocycles. The van der Waals surface area contributed by atoms with Gasteiger partial charge in [0.1, 0.15) is 43.2 Å². The SMILES string of the molecule is CCCCCCCCCCC/C=C/CCCCC(=O)O[C@H](COC(=O)CCCCCCCCCCCCCCC)COP(=O)(O)OC1C(O)C(O)C(O)[C@@H](O)C1O. The van der Waals surface area contributed by atoms with Crippen LogP contribution >= 0.6 is 7.82 Å². The van der Waals surface area contributed by atoms with Gasteiger partial charge < -0.3 is 39.9 Å². The van der Waals surface area contributed by atoms with Gasteiger partial charge in [0.05, 0.1) is 6.61 Å². The highest BCUT2D eigenvalue weighted by Crippen LogP contribution is 2.47. The van der Waals surface area contributed by atoms with E-state index in [2.05, 4.69) is 26.0 Å². The Morgan fingerprint density at radius 1 is 0.526 bits per heavy atom. The van der Waals surface area contributed by atoms with E-state index in [9.17, 15) is 44.6 Å². The quantitative estimate of drug-likeness (QED) is 0.0151. The molecule has 1 aliphatic carbocycles. The van der Waals surface area contributed by atoms with E-state index in [4.69, 9.17) is 18.5 Å². The van der Waals surface area contributed by atoms with Gasteiger partial charge in [0.15, 0.2) is 6.10 Å². The lowest BCUT2D eigenvalue weighted by atomic mass is 9.85. The first-order valence-electron chi connectivity index (χ1n) is 22.5. The Balaban J connectivity index is 2.49. The van der Waals surface area contributed by atoms with Crippen molar-refractivity contribution < 1.29 is 63.1 Å². The Kier molecular flexibility index (Phi) is 32.3. The third-order valence-electron chi connectivity index (χ3n) is 10.6. The highest BCUT2D eigenvalue weighted by atomic mass is 31.2. The fourth-order valence-electron chi connectivity index (χ4n) is 6.93. The average Bonchev–Trinajstić information content (AvgIpc) is 3.19.